The molecule has 0 aromatic rings. The molecule has 4 heteroatoms. The molecule has 0 radical (unpaired) electrons. The third kappa shape index (κ3) is 3.82. The highest BCUT2D eigenvalue weighted by Crippen LogP contribution is 2.33. The van der Waals surface area contributed by atoms with Gasteiger partial charge in [-0.05, 0) is 31.4 Å². The molecule has 1 saturated carbocycles. The van der Waals surface area contributed by atoms with E-state index in [9.17, 15) is 0 Å². The van der Waals surface area contributed by atoms with Gasteiger partial charge in [-0.2, -0.15) is 11.8 Å². The van der Waals surface area contributed by atoms with Crippen LogP contribution in [0.1, 0.15) is 39.0 Å². The maximum absolute atomic E-state index is 4.93. The number of hydrogen-bond acceptors (Lipinski definition) is 4. The minimum atomic E-state index is 0.594. The Bertz CT molecular complexity index is 268. The van der Waals surface area contributed by atoms with Gasteiger partial charge >= 0.3 is 0 Å². The summed E-state index contributed by atoms with van der Waals surface area (Å²) < 4.78 is 0. The predicted molar refractivity (Wildman–Crippen MR) is 81.2 cm³/mol. The van der Waals surface area contributed by atoms with Gasteiger partial charge in [0.1, 0.15) is 0 Å². The second-order valence-electron chi connectivity index (χ2n) is 5.06. The van der Waals surface area contributed by atoms with E-state index in [4.69, 9.17) is 4.99 Å². The van der Waals surface area contributed by atoms with E-state index in [1.165, 1.54) is 48.8 Å². The van der Waals surface area contributed by atoms with Gasteiger partial charge in [-0.15, -0.1) is 0 Å². The molecule has 98 valence electrons. The van der Waals surface area contributed by atoms with Gasteiger partial charge in [0.05, 0.1) is 6.04 Å². The fraction of sp³-hybridized carbons (Fsp3) is 0.923. The maximum atomic E-state index is 4.93. The van der Waals surface area contributed by atoms with Crippen molar-refractivity contribution in [1.29, 1.82) is 0 Å². The number of thioether (sulfide) groups is 2. The lowest BCUT2D eigenvalue weighted by Crippen LogP contribution is -2.40. The second-order valence-corrected chi connectivity index (χ2v) is 6.98. The molecule has 1 heterocycles. The average molecular weight is 272 g/mol. The maximum Gasteiger partial charge on any atom is 0.157 e. The van der Waals surface area contributed by atoms with Gasteiger partial charge in [0, 0.05) is 17.5 Å². The van der Waals surface area contributed by atoms with Crippen LogP contribution in [0.25, 0.3) is 0 Å². The van der Waals surface area contributed by atoms with E-state index >= 15 is 0 Å². The highest BCUT2D eigenvalue weighted by atomic mass is 32.2. The SMILES string of the molecule is CCC(CSC)NC1=NC2CCCCC2CS1. The zero-order valence-corrected chi connectivity index (χ0v) is 12.6. The van der Waals surface area contributed by atoms with Crippen molar-refractivity contribution in [3.05, 3.63) is 0 Å². The Morgan fingerprint density at radius 2 is 2.29 bits per heavy atom. The minimum Gasteiger partial charge on any atom is -0.361 e. The Labute approximate surface area is 114 Å². The first-order chi connectivity index (χ1) is 8.33. The van der Waals surface area contributed by atoms with Gasteiger partial charge in [-0.3, -0.25) is 4.99 Å². The Morgan fingerprint density at radius 1 is 1.47 bits per heavy atom. The fourth-order valence-electron chi connectivity index (χ4n) is 2.64. The van der Waals surface area contributed by atoms with Crippen molar-refractivity contribution in [3.8, 4) is 0 Å². The molecule has 3 atom stereocenters. The molecule has 2 aliphatic rings. The van der Waals surface area contributed by atoms with Gasteiger partial charge in [0.25, 0.3) is 0 Å². The molecular weight excluding hydrogens is 248 g/mol. The number of aliphatic imine (C=N–C) groups is 1. The zero-order chi connectivity index (χ0) is 12.1. The van der Waals surface area contributed by atoms with E-state index in [1.54, 1.807) is 0 Å². The van der Waals surface area contributed by atoms with Gasteiger partial charge in [0.2, 0.25) is 0 Å². The lowest BCUT2D eigenvalue weighted by molar-refractivity contribution is 0.335. The first-order valence-electron chi connectivity index (χ1n) is 6.79. The van der Waals surface area contributed by atoms with Crippen LogP contribution in [-0.4, -0.2) is 35.0 Å². The van der Waals surface area contributed by atoms with Gasteiger partial charge in [-0.1, -0.05) is 31.5 Å². The average Bonchev–Trinajstić information content (AvgIpc) is 2.38. The number of nitrogens with one attached hydrogen (secondary N) is 1. The van der Waals surface area contributed by atoms with Crippen LogP contribution in [0, 0.1) is 5.92 Å². The van der Waals surface area contributed by atoms with E-state index in [0.29, 0.717) is 12.1 Å². The summed E-state index contributed by atoms with van der Waals surface area (Å²) in [5.74, 6) is 3.33. The molecule has 0 saturated heterocycles. The first kappa shape index (κ1) is 13.6. The number of hydrogen-bond donors (Lipinski definition) is 1. The van der Waals surface area contributed by atoms with E-state index in [0.717, 1.165) is 5.92 Å². The van der Waals surface area contributed by atoms with Crippen molar-refractivity contribution < 1.29 is 0 Å². The number of nitrogens with zero attached hydrogens (tertiary/aromatic N) is 1. The van der Waals surface area contributed by atoms with Gasteiger partial charge in [0.15, 0.2) is 5.17 Å². The van der Waals surface area contributed by atoms with Crippen molar-refractivity contribution in [3.63, 3.8) is 0 Å². The molecule has 3 unspecified atom stereocenters. The van der Waals surface area contributed by atoms with Crippen LogP contribution in [0.15, 0.2) is 4.99 Å². The number of fused-ring (bicyclic) bond motifs is 1. The monoisotopic (exact) mass is 272 g/mol. The third-order valence-electron chi connectivity index (χ3n) is 3.77. The van der Waals surface area contributed by atoms with E-state index in [-0.39, 0.29) is 0 Å². The molecule has 1 aliphatic carbocycles. The standard InChI is InChI=1S/C13H24N2S2/c1-3-11(9-16-2)14-13-15-12-7-5-4-6-10(12)8-17-13/h10-12H,3-9H2,1-2H3,(H,14,15). The molecule has 0 bridgehead atoms. The molecule has 0 aromatic carbocycles. The summed E-state index contributed by atoms with van der Waals surface area (Å²) in [6, 6.07) is 1.22. The van der Waals surface area contributed by atoms with Crippen molar-refractivity contribution in [2.75, 3.05) is 17.8 Å². The van der Waals surface area contributed by atoms with Crippen LogP contribution in [-0.2, 0) is 0 Å². The summed E-state index contributed by atoms with van der Waals surface area (Å²) >= 11 is 3.87. The first-order valence-corrected chi connectivity index (χ1v) is 9.17. The summed E-state index contributed by atoms with van der Waals surface area (Å²) in [6.45, 7) is 2.26. The topological polar surface area (TPSA) is 24.4 Å². The molecule has 0 aromatic heterocycles. The summed E-state index contributed by atoms with van der Waals surface area (Å²) in [4.78, 5) is 4.93. The molecule has 0 spiro atoms. The Morgan fingerprint density at radius 3 is 3.06 bits per heavy atom. The minimum absolute atomic E-state index is 0.594. The molecule has 1 N–H and O–H groups in total. The molecule has 2 nitrogen and oxygen atoms in total. The van der Waals surface area contributed by atoms with Crippen molar-refractivity contribution in [1.82, 2.24) is 5.32 Å². The molecule has 1 aliphatic heterocycles. The predicted octanol–water partition coefficient (Wildman–Crippen LogP) is 3.38. The Balaban J connectivity index is 1.90. The fourth-order valence-corrected chi connectivity index (χ4v) is 4.58. The third-order valence-corrected chi connectivity index (χ3v) is 5.60. The lowest BCUT2D eigenvalue weighted by atomic mass is 9.86. The number of amidine groups is 1. The largest absolute Gasteiger partial charge is 0.361 e. The van der Waals surface area contributed by atoms with Crippen LogP contribution in [0.4, 0.5) is 0 Å². The Hall–Kier alpha value is 0.170. The van der Waals surface area contributed by atoms with Crippen LogP contribution in [0.2, 0.25) is 0 Å². The molecule has 2 rings (SSSR count). The molecule has 17 heavy (non-hydrogen) atoms. The highest BCUT2D eigenvalue weighted by Gasteiger charge is 2.29. The van der Waals surface area contributed by atoms with Gasteiger partial charge < -0.3 is 5.32 Å². The van der Waals surface area contributed by atoms with Crippen molar-refractivity contribution in [2.45, 2.75) is 51.1 Å². The quantitative estimate of drug-likeness (QED) is 0.849. The van der Waals surface area contributed by atoms with Crippen LogP contribution in [0.3, 0.4) is 0 Å². The summed E-state index contributed by atoms with van der Waals surface area (Å²) in [5, 5.41) is 4.85. The highest BCUT2D eigenvalue weighted by molar-refractivity contribution is 8.13. The normalized spacial score (nSPS) is 30.4. The van der Waals surface area contributed by atoms with Crippen LogP contribution >= 0.6 is 23.5 Å². The van der Waals surface area contributed by atoms with Gasteiger partial charge in [-0.25, -0.2) is 0 Å². The molecular formula is C13H24N2S2. The summed E-state index contributed by atoms with van der Waals surface area (Å²) in [6.07, 6.45) is 8.88. The van der Waals surface area contributed by atoms with Crippen molar-refractivity contribution in [2.24, 2.45) is 10.9 Å². The second kappa shape index (κ2) is 6.93. The van der Waals surface area contributed by atoms with Crippen LogP contribution < -0.4 is 5.32 Å². The van der Waals surface area contributed by atoms with Crippen LogP contribution in [0.5, 0.6) is 0 Å². The smallest absolute Gasteiger partial charge is 0.157 e. The van der Waals surface area contributed by atoms with Crippen molar-refractivity contribution >= 4 is 28.7 Å². The van der Waals surface area contributed by atoms with E-state index in [2.05, 4.69) is 18.5 Å². The Kier molecular flexibility index (Phi) is 5.54. The van der Waals surface area contributed by atoms with E-state index in [1.807, 2.05) is 23.5 Å². The zero-order valence-electron chi connectivity index (χ0n) is 10.9. The summed E-state index contributed by atoms with van der Waals surface area (Å²) in [7, 11) is 0. The molecule has 1 fully saturated rings. The van der Waals surface area contributed by atoms with E-state index < -0.39 is 0 Å². The number of rotatable bonds is 4. The lowest BCUT2D eigenvalue weighted by Gasteiger charge is -2.33. The molecule has 0 amide bonds. The summed E-state index contributed by atoms with van der Waals surface area (Å²) in [5.41, 5.74) is 0.